The summed E-state index contributed by atoms with van der Waals surface area (Å²) in [7, 11) is 0. The van der Waals surface area contributed by atoms with Crippen molar-refractivity contribution in [2.75, 3.05) is 13.2 Å². The van der Waals surface area contributed by atoms with E-state index in [1.807, 2.05) is 36.4 Å². The number of aromatic nitrogens is 2. The van der Waals surface area contributed by atoms with E-state index in [1.54, 1.807) is 19.1 Å². The van der Waals surface area contributed by atoms with Crippen LogP contribution in [0.5, 0.6) is 0 Å². The summed E-state index contributed by atoms with van der Waals surface area (Å²) in [4.78, 5) is 6.74. The average molecular weight is 432 g/mol. The summed E-state index contributed by atoms with van der Waals surface area (Å²) in [6.07, 6.45) is 0.611. The lowest BCUT2D eigenvalue weighted by molar-refractivity contribution is 0.167. The molecule has 0 aliphatic rings. The van der Waals surface area contributed by atoms with Crippen molar-refractivity contribution in [3.05, 3.63) is 107 Å². The van der Waals surface area contributed by atoms with Gasteiger partial charge in [-0.05, 0) is 36.1 Å². The van der Waals surface area contributed by atoms with E-state index in [1.165, 1.54) is 6.07 Å². The highest BCUT2D eigenvalue weighted by atomic mass is 19.1. The lowest BCUT2D eigenvalue weighted by Gasteiger charge is -2.31. The minimum Gasteiger partial charge on any atom is -0.396 e. The molecule has 0 aliphatic carbocycles. The number of aliphatic hydroxyl groups is 1. The van der Waals surface area contributed by atoms with Crippen molar-refractivity contribution in [3.8, 4) is 11.4 Å². The lowest BCUT2D eigenvalue weighted by Crippen LogP contribution is -2.31. The molecule has 1 aromatic heterocycles. The molecule has 4 aromatic rings. The Morgan fingerprint density at radius 1 is 0.969 bits per heavy atom. The molecule has 0 atom stereocenters. The standard InChI is InChI=1S/C26H26FN3O2/c1-19-13-14-22(17-23(19)27)26-28-24(32-29-26)18-30(15-8-16-31)25(20-9-4-2-5-10-20)21-11-6-3-7-12-21/h2-7,9-14,17,25,31H,8,15-16,18H2,1H3. The van der Waals surface area contributed by atoms with Gasteiger partial charge in [-0.2, -0.15) is 4.98 Å². The van der Waals surface area contributed by atoms with Crippen molar-refractivity contribution in [3.63, 3.8) is 0 Å². The Balaban J connectivity index is 1.65. The fourth-order valence-corrected chi connectivity index (χ4v) is 3.80. The van der Waals surface area contributed by atoms with Crippen molar-refractivity contribution in [2.24, 2.45) is 0 Å². The Bertz CT molecular complexity index is 1090. The summed E-state index contributed by atoms with van der Waals surface area (Å²) in [5.41, 5.74) is 3.42. The number of rotatable bonds is 9. The molecule has 0 unspecified atom stereocenters. The van der Waals surface area contributed by atoms with Gasteiger partial charge in [0.15, 0.2) is 0 Å². The first-order valence-electron chi connectivity index (χ1n) is 10.7. The maximum absolute atomic E-state index is 14.0. The molecule has 0 radical (unpaired) electrons. The van der Waals surface area contributed by atoms with Crippen LogP contribution in [0, 0.1) is 12.7 Å². The van der Waals surface area contributed by atoms with E-state index >= 15 is 0 Å². The average Bonchev–Trinajstić information content (AvgIpc) is 3.29. The Labute approximate surface area is 187 Å². The fourth-order valence-electron chi connectivity index (χ4n) is 3.80. The van der Waals surface area contributed by atoms with Gasteiger partial charge in [0, 0.05) is 18.7 Å². The van der Waals surface area contributed by atoms with Crippen molar-refractivity contribution in [2.45, 2.75) is 25.9 Å². The van der Waals surface area contributed by atoms with Crippen LogP contribution in [0.15, 0.2) is 83.4 Å². The molecule has 0 spiro atoms. The van der Waals surface area contributed by atoms with E-state index in [2.05, 4.69) is 39.3 Å². The molecule has 164 valence electrons. The topological polar surface area (TPSA) is 62.4 Å². The SMILES string of the molecule is Cc1ccc(-c2noc(CN(CCCO)C(c3ccccc3)c3ccccc3)n2)cc1F. The molecular formula is C26H26FN3O2. The summed E-state index contributed by atoms with van der Waals surface area (Å²) in [6.45, 7) is 2.84. The fraction of sp³-hybridized carbons (Fsp3) is 0.231. The van der Waals surface area contributed by atoms with Crippen molar-refractivity contribution < 1.29 is 14.0 Å². The molecule has 0 saturated carbocycles. The molecule has 1 N–H and O–H groups in total. The van der Waals surface area contributed by atoms with E-state index < -0.39 is 0 Å². The van der Waals surface area contributed by atoms with Crippen LogP contribution in [0.1, 0.15) is 35.0 Å². The summed E-state index contributed by atoms with van der Waals surface area (Å²) in [5.74, 6) is 0.499. The van der Waals surface area contributed by atoms with Crippen molar-refractivity contribution in [1.29, 1.82) is 0 Å². The van der Waals surface area contributed by atoms with Crippen LogP contribution in [-0.2, 0) is 6.54 Å². The third-order valence-corrected chi connectivity index (χ3v) is 5.44. The van der Waals surface area contributed by atoms with Gasteiger partial charge in [0.25, 0.3) is 0 Å². The second kappa shape index (κ2) is 10.3. The number of halogens is 1. The largest absolute Gasteiger partial charge is 0.396 e. The molecule has 3 aromatic carbocycles. The molecule has 6 heteroatoms. The highest BCUT2D eigenvalue weighted by Gasteiger charge is 2.24. The molecule has 0 aliphatic heterocycles. The summed E-state index contributed by atoms with van der Waals surface area (Å²) < 4.78 is 19.5. The zero-order valence-corrected chi connectivity index (χ0v) is 18.0. The predicted octanol–water partition coefficient (Wildman–Crippen LogP) is 5.16. The molecular weight excluding hydrogens is 405 g/mol. The second-order valence-corrected chi connectivity index (χ2v) is 7.75. The highest BCUT2D eigenvalue weighted by Crippen LogP contribution is 2.30. The quantitative estimate of drug-likeness (QED) is 0.397. The van der Waals surface area contributed by atoms with Crippen LogP contribution in [0.4, 0.5) is 4.39 Å². The number of aliphatic hydroxyl groups excluding tert-OH is 1. The van der Waals surface area contributed by atoms with Crippen LogP contribution in [-0.4, -0.2) is 33.3 Å². The zero-order chi connectivity index (χ0) is 22.3. The molecule has 4 rings (SSSR count). The van der Waals surface area contributed by atoms with Crippen molar-refractivity contribution in [1.82, 2.24) is 15.0 Å². The lowest BCUT2D eigenvalue weighted by atomic mass is 9.96. The highest BCUT2D eigenvalue weighted by molar-refractivity contribution is 5.54. The van der Waals surface area contributed by atoms with Crippen LogP contribution in [0.3, 0.4) is 0 Å². The molecule has 5 nitrogen and oxygen atoms in total. The number of nitrogens with zero attached hydrogens (tertiary/aromatic N) is 3. The van der Waals surface area contributed by atoms with Crippen LogP contribution < -0.4 is 0 Å². The predicted molar refractivity (Wildman–Crippen MR) is 121 cm³/mol. The summed E-state index contributed by atoms with van der Waals surface area (Å²) in [5, 5.41) is 13.6. The summed E-state index contributed by atoms with van der Waals surface area (Å²) >= 11 is 0. The Morgan fingerprint density at radius 3 is 2.22 bits per heavy atom. The smallest absolute Gasteiger partial charge is 0.241 e. The first-order valence-corrected chi connectivity index (χ1v) is 10.7. The van der Waals surface area contributed by atoms with Gasteiger partial charge in [-0.1, -0.05) is 78.0 Å². The van der Waals surface area contributed by atoms with Gasteiger partial charge in [-0.15, -0.1) is 0 Å². The number of hydrogen-bond acceptors (Lipinski definition) is 5. The van der Waals surface area contributed by atoms with Crippen LogP contribution >= 0.6 is 0 Å². The van der Waals surface area contributed by atoms with E-state index in [0.717, 1.165) is 11.1 Å². The number of hydrogen-bond donors (Lipinski definition) is 1. The number of aryl methyl sites for hydroxylation is 1. The molecule has 0 saturated heterocycles. The van der Waals surface area contributed by atoms with E-state index in [0.29, 0.717) is 42.4 Å². The monoisotopic (exact) mass is 431 g/mol. The maximum Gasteiger partial charge on any atom is 0.241 e. The van der Waals surface area contributed by atoms with Gasteiger partial charge in [0.2, 0.25) is 11.7 Å². The maximum atomic E-state index is 14.0. The molecule has 1 heterocycles. The van der Waals surface area contributed by atoms with Gasteiger partial charge < -0.3 is 9.63 Å². The second-order valence-electron chi connectivity index (χ2n) is 7.75. The van der Waals surface area contributed by atoms with Gasteiger partial charge >= 0.3 is 0 Å². The number of benzene rings is 3. The first kappa shape index (κ1) is 21.9. The third-order valence-electron chi connectivity index (χ3n) is 5.44. The minimum atomic E-state index is -0.299. The van der Waals surface area contributed by atoms with E-state index in [4.69, 9.17) is 4.52 Å². The van der Waals surface area contributed by atoms with Crippen molar-refractivity contribution >= 4 is 0 Å². The molecule has 0 bridgehead atoms. The van der Waals surface area contributed by atoms with Crippen LogP contribution in [0.25, 0.3) is 11.4 Å². The molecule has 32 heavy (non-hydrogen) atoms. The third kappa shape index (κ3) is 5.10. The summed E-state index contributed by atoms with van der Waals surface area (Å²) in [6, 6.07) is 25.3. The molecule has 0 amide bonds. The van der Waals surface area contributed by atoms with Gasteiger partial charge in [0.05, 0.1) is 12.6 Å². The normalized spacial score (nSPS) is 11.4. The first-order chi connectivity index (χ1) is 15.7. The van der Waals surface area contributed by atoms with Gasteiger partial charge in [-0.25, -0.2) is 4.39 Å². The van der Waals surface area contributed by atoms with Gasteiger partial charge in [0.1, 0.15) is 5.82 Å². The van der Waals surface area contributed by atoms with E-state index in [-0.39, 0.29) is 18.5 Å². The van der Waals surface area contributed by atoms with Crippen LogP contribution in [0.2, 0.25) is 0 Å². The Kier molecular flexibility index (Phi) is 7.04. The van der Waals surface area contributed by atoms with E-state index in [9.17, 15) is 9.50 Å². The minimum absolute atomic E-state index is 0.0453. The Morgan fingerprint density at radius 2 is 1.62 bits per heavy atom. The zero-order valence-electron chi connectivity index (χ0n) is 18.0. The Hall–Kier alpha value is -3.35. The molecule has 0 fully saturated rings. The van der Waals surface area contributed by atoms with Gasteiger partial charge in [-0.3, -0.25) is 4.90 Å².